The highest BCUT2D eigenvalue weighted by Gasteiger charge is 2.34. The van der Waals surface area contributed by atoms with E-state index in [-0.39, 0.29) is 17.2 Å². The zero-order valence-corrected chi connectivity index (χ0v) is 12.3. The van der Waals surface area contributed by atoms with Crippen LogP contribution in [0.5, 0.6) is 0 Å². The maximum Gasteiger partial charge on any atom is 0.401 e. The van der Waals surface area contributed by atoms with E-state index in [9.17, 15) is 18.0 Å². The van der Waals surface area contributed by atoms with Gasteiger partial charge >= 0.3 is 6.18 Å². The predicted molar refractivity (Wildman–Crippen MR) is 71.0 cm³/mol. The predicted octanol–water partition coefficient (Wildman–Crippen LogP) is 1.36. The number of alkyl halides is 3. The van der Waals surface area contributed by atoms with Crippen molar-refractivity contribution in [2.24, 2.45) is 17.1 Å². The van der Waals surface area contributed by atoms with Crippen molar-refractivity contribution in [3.05, 3.63) is 0 Å². The minimum Gasteiger partial charge on any atom is -0.354 e. The highest BCUT2D eigenvalue weighted by molar-refractivity contribution is 5.82. The molecule has 1 aliphatic heterocycles. The van der Waals surface area contributed by atoms with Gasteiger partial charge < -0.3 is 11.1 Å². The van der Waals surface area contributed by atoms with Crippen LogP contribution >= 0.6 is 0 Å². The third-order valence-electron chi connectivity index (χ3n) is 3.55. The molecular weight excluding hydrogens is 271 g/mol. The fourth-order valence-corrected chi connectivity index (χ4v) is 2.22. The van der Waals surface area contributed by atoms with Crippen molar-refractivity contribution in [1.82, 2.24) is 10.2 Å². The number of carbonyl (C=O) groups is 1. The minimum absolute atomic E-state index is 0.0634. The number of hydrogen-bond acceptors (Lipinski definition) is 3. The first kappa shape index (κ1) is 17.2. The zero-order valence-electron chi connectivity index (χ0n) is 12.3. The lowest BCUT2D eigenvalue weighted by Gasteiger charge is -2.26. The summed E-state index contributed by atoms with van der Waals surface area (Å²) in [6.07, 6.45) is -3.49. The molecule has 0 aromatic carbocycles. The standard InChI is InChI=1S/C13H24F3N3O/c1-12(2,3)10(17)11(20)18-6-9-4-5-19(7-9)8-13(14,15)16/h9-10H,4-8,17H2,1-3H3,(H,18,20)/t9?,10-/m1/s1. The van der Waals surface area contributed by atoms with Gasteiger partial charge in [-0.3, -0.25) is 9.69 Å². The van der Waals surface area contributed by atoms with Crippen molar-refractivity contribution in [2.45, 2.75) is 39.4 Å². The van der Waals surface area contributed by atoms with Gasteiger partial charge in [0.15, 0.2) is 0 Å². The SMILES string of the molecule is CC(C)(C)[C@H](N)C(=O)NCC1CCN(CC(F)(F)F)C1. The van der Waals surface area contributed by atoms with Gasteiger partial charge in [-0.2, -0.15) is 13.2 Å². The molecule has 1 fully saturated rings. The average Bonchev–Trinajstić information content (AvgIpc) is 2.68. The fourth-order valence-electron chi connectivity index (χ4n) is 2.22. The Morgan fingerprint density at radius 2 is 2.00 bits per heavy atom. The molecule has 1 unspecified atom stereocenters. The van der Waals surface area contributed by atoms with Crippen LogP contribution < -0.4 is 11.1 Å². The number of amides is 1. The molecule has 0 bridgehead atoms. The van der Waals surface area contributed by atoms with Crippen molar-refractivity contribution in [3.8, 4) is 0 Å². The third-order valence-corrected chi connectivity index (χ3v) is 3.55. The highest BCUT2D eigenvalue weighted by Crippen LogP contribution is 2.22. The second-order valence-electron chi connectivity index (χ2n) is 6.59. The molecule has 0 aromatic rings. The van der Waals surface area contributed by atoms with Crippen molar-refractivity contribution >= 4 is 5.91 Å². The van der Waals surface area contributed by atoms with Gasteiger partial charge in [-0.15, -0.1) is 0 Å². The molecule has 2 atom stereocenters. The minimum atomic E-state index is -4.16. The van der Waals surface area contributed by atoms with E-state index in [1.807, 2.05) is 20.8 Å². The number of nitrogens with zero attached hydrogens (tertiary/aromatic N) is 1. The molecule has 1 saturated heterocycles. The Bertz CT molecular complexity index is 339. The summed E-state index contributed by atoms with van der Waals surface area (Å²) in [4.78, 5) is 13.2. The first-order chi connectivity index (χ1) is 8.99. The molecule has 1 heterocycles. The number of hydrogen-bond donors (Lipinski definition) is 2. The van der Waals surface area contributed by atoms with Crippen LogP contribution in [-0.2, 0) is 4.79 Å². The number of carbonyl (C=O) groups excluding carboxylic acids is 1. The van der Waals surface area contributed by atoms with Crippen LogP contribution in [0.3, 0.4) is 0 Å². The Morgan fingerprint density at radius 1 is 1.40 bits per heavy atom. The summed E-state index contributed by atoms with van der Waals surface area (Å²) in [5.74, 6) is -0.180. The Labute approximate surface area is 117 Å². The topological polar surface area (TPSA) is 58.4 Å². The first-order valence-corrected chi connectivity index (χ1v) is 6.81. The number of nitrogens with one attached hydrogen (secondary N) is 1. The Morgan fingerprint density at radius 3 is 2.50 bits per heavy atom. The van der Waals surface area contributed by atoms with E-state index in [1.165, 1.54) is 4.90 Å². The van der Waals surface area contributed by atoms with E-state index in [2.05, 4.69) is 5.32 Å². The maximum absolute atomic E-state index is 12.3. The molecule has 1 amide bonds. The lowest BCUT2D eigenvalue weighted by atomic mass is 9.87. The molecular formula is C13H24F3N3O. The first-order valence-electron chi connectivity index (χ1n) is 6.81. The summed E-state index contributed by atoms with van der Waals surface area (Å²) < 4.78 is 36.8. The molecule has 0 radical (unpaired) electrons. The normalized spacial score (nSPS) is 22.9. The molecule has 20 heavy (non-hydrogen) atoms. The smallest absolute Gasteiger partial charge is 0.354 e. The molecule has 0 aromatic heterocycles. The Kier molecular flexibility index (Phi) is 5.43. The van der Waals surface area contributed by atoms with E-state index < -0.39 is 18.8 Å². The van der Waals surface area contributed by atoms with E-state index in [1.54, 1.807) is 0 Å². The summed E-state index contributed by atoms with van der Waals surface area (Å²) in [6.45, 7) is 5.92. The van der Waals surface area contributed by atoms with Gasteiger partial charge in [0, 0.05) is 13.1 Å². The Hall–Kier alpha value is -0.820. The number of rotatable bonds is 4. The molecule has 7 heteroatoms. The molecule has 0 spiro atoms. The molecule has 118 valence electrons. The van der Waals surface area contributed by atoms with Gasteiger partial charge in [-0.05, 0) is 24.3 Å². The van der Waals surface area contributed by atoms with Crippen molar-refractivity contribution in [2.75, 3.05) is 26.2 Å². The number of likely N-dealkylation sites (tertiary alicyclic amines) is 1. The molecule has 0 saturated carbocycles. The summed E-state index contributed by atoms with van der Waals surface area (Å²) in [6, 6.07) is -0.616. The quantitative estimate of drug-likeness (QED) is 0.823. The van der Waals surface area contributed by atoms with Gasteiger partial charge in [-0.1, -0.05) is 20.8 Å². The van der Waals surface area contributed by atoms with E-state index in [0.29, 0.717) is 26.1 Å². The largest absolute Gasteiger partial charge is 0.401 e. The van der Waals surface area contributed by atoms with Crippen LogP contribution in [0.1, 0.15) is 27.2 Å². The average molecular weight is 295 g/mol. The molecule has 1 rings (SSSR count). The van der Waals surface area contributed by atoms with Gasteiger partial charge in [0.2, 0.25) is 5.91 Å². The van der Waals surface area contributed by atoms with Crippen LogP contribution in [0.2, 0.25) is 0 Å². The molecule has 0 aliphatic carbocycles. The lowest BCUT2D eigenvalue weighted by Crippen LogP contribution is -2.49. The second kappa shape index (κ2) is 6.30. The van der Waals surface area contributed by atoms with Crippen LogP contribution in [0, 0.1) is 11.3 Å². The maximum atomic E-state index is 12.3. The van der Waals surface area contributed by atoms with Crippen molar-refractivity contribution < 1.29 is 18.0 Å². The summed E-state index contributed by atoms with van der Waals surface area (Å²) >= 11 is 0. The van der Waals surface area contributed by atoms with Crippen molar-refractivity contribution in [3.63, 3.8) is 0 Å². The summed E-state index contributed by atoms with van der Waals surface area (Å²) in [5.41, 5.74) is 5.49. The number of halogens is 3. The second-order valence-corrected chi connectivity index (χ2v) is 6.59. The van der Waals surface area contributed by atoms with Crippen molar-refractivity contribution in [1.29, 1.82) is 0 Å². The van der Waals surface area contributed by atoms with Gasteiger partial charge in [0.25, 0.3) is 0 Å². The van der Waals surface area contributed by atoms with Crippen LogP contribution in [-0.4, -0.2) is 49.2 Å². The van der Waals surface area contributed by atoms with Crippen LogP contribution in [0.15, 0.2) is 0 Å². The summed E-state index contributed by atoms with van der Waals surface area (Å²) in [5, 5.41) is 2.74. The number of nitrogens with two attached hydrogens (primary N) is 1. The fraction of sp³-hybridized carbons (Fsp3) is 0.923. The monoisotopic (exact) mass is 295 g/mol. The van der Waals surface area contributed by atoms with E-state index in [0.717, 1.165) is 0 Å². The van der Waals surface area contributed by atoms with Gasteiger partial charge in [0.1, 0.15) is 0 Å². The highest BCUT2D eigenvalue weighted by atomic mass is 19.4. The Balaban J connectivity index is 2.33. The van der Waals surface area contributed by atoms with Crippen LogP contribution in [0.4, 0.5) is 13.2 Å². The summed E-state index contributed by atoms with van der Waals surface area (Å²) in [7, 11) is 0. The van der Waals surface area contributed by atoms with E-state index in [4.69, 9.17) is 5.73 Å². The van der Waals surface area contributed by atoms with Gasteiger partial charge in [0.05, 0.1) is 12.6 Å². The lowest BCUT2D eigenvalue weighted by molar-refractivity contribution is -0.143. The molecule has 1 aliphatic rings. The third kappa shape index (κ3) is 5.66. The van der Waals surface area contributed by atoms with Gasteiger partial charge in [-0.25, -0.2) is 0 Å². The molecule has 3 N–H and O–H groups in total. The van der Waals surface area contributed by atoms with Crippen LogP contribution in [0.25, 0.3) is 0 Å². The van der Waals surface area contributed by atoms with E-state index >= 15 is 0 Å². The molecule has 4 nitrogen and oxygen atoms in total. The zero-order chi connectivity index (χ0) is 15.6.